The second-order valence-electron chi connectivity index (χ2n) is 6.13. The van der Waals surface area contributed by atoms with Crippen LogP contribution < -0.4 is 5.32 Å². The summed E-state index contributed by atoms with van der Waals surface area (Å²) in [6.07, 6.45) is 1.23. The fourth-order valence-corrected chi connectivity index (χ4v) is 2.46. The molecule has 0 saturated carbocycles. The topological polar surface area (TPSA) is 12.0 Å². The maximum atomic E-state index is 3.57. The van der Waals surface area contributed by atoms with Gasteiger partial charge in [-0.2, -0.15) is 0 Å². The van der Waals surface area contributed by atoms with E-state index in [4.69, 9.17) is 0 Å². The molecule has 92 valence electrons. The van der Waals surface area contributed by atoms with E-state index in [9.17, 15) is 0 Å². The zero-order valence-electron chi connectivity index (χ0n) is 12.0. The van der Waals surface area contributed by atoms with Gasteiger partial charge in [-0.25, -0.2) is 0 Å². The molecule has 0 aliphatic heterocycles. The lowest BCUT2D eigenvalue weighted by molar-refractivity contribution is 0.410. The predicted octanol–water partition coefficient (Wildman–Crippen LogP) is 4.07. The van der Waals surface area contributed by atoms with Crippen molar-refractivity contribution in [3.8, 4) is 0 Å². The number of hydrogen-bond donors (Lipinski definition) is 1. The van der Waals surface area contributed by atoms with Crippen LogP contribution in [0.3, 0.4) is 0 Å². The molecular formula is C15H27N. The highest BCUT2D eigenvalue weighted by molar-refractivity contribution is 5.46. The summed E-state index contributed by atoms with van der Waals surface area (Å²) < 4.78 is 0. The lowest BCUT2D eigenvalue weighted by atomic mass is 9.93. The summed E-state index contributed by atoms with van der Waals surface area (Å²) in [6, 6.07) is 0. The van der Waals surface area contributed by atoms with Crippen LogP contribution in [0, 0.1) is 5.92 Å². The fourth-order valence-electron chi connectivity index (χ4n) is 2.46. The van der Waals surface area contributed by atoms with E-state index < -0.39 is 0 Å². The fraction of sp³-hybridized carbons (Fsp3) is 0.733. The molecule has 0 radical (unpaired) electrons. The summed E-state index contributed by atoms with van der Waals surface area (Å²) in [5, 5.41) is 3.57. The molecule has 0 fully saturated rings. The molecule has 1 N–H and O–H groups in total. The Balaban J connectivity index is 2.57. The molecule has 1 heteroatoms. The monoisotopic (exact) mass is 221 g/mol. The molecule has 1 aliphatic carbocycles. The van der Waals surface area contributed by atoms with Crippen LogP contribution in [0.2, 0.25) is 0 Å². The molecular weight excluding hydrogens is 194 g/mol. The van der Waals surface area contributed by atoms with Crippen LogP contribution in [-0.2, 0) is 0 Å². The zero-order chi connectivity index (χ0) is 12.5. The Labute approximate surface area is 101 Å². The van der Waals surface area contributed by atoms with Gasteiger partial charge in [-0.15, -0.1) is 0 Å². The first-order valence-electron chi connectivity index (χ1n) is 6.34. The van der Waals surface area contributed by atoms with Gasteiger partial charge < -0.3 is 5.32 Å². The van der Waals surface area contributed by atoms with Gasteiger partial charge in [-0.3, -0.25) is 0 Å². The predicted molar refractivity (Wildman–Crippen MR) is 72.6 cm³/mol. The normalized spacial score (nSPS) is 18.9. The van der Waals surface area contributed by atoms with E-state index in [1.165, 1.54) is 17.6 Å². The highest BCUT2D eigenvalue weighted by atomic mass is 14.9. The SMILES string of the molecule is CC1=C(C)C(CCNC(C)(C)C)C(C)=C1C. The van der Waals surface area contributed by atoms with E-state index in [2.05, 4.69) is 53.8 Å². The van der Waals surface area contributed by atoms with Crippen molar-refractivity contribution in [2.24, 2.45) is 5.92 Å². The number of allylic oxidation sites excluding steroid dienone is 4. The van der Waals surface area contributed by atoms with Crippen molar-refractivity contribution in [2.75, 3.05) is 6.54 Å². The minimum Gasteiger partial charge on any atom is -0.312 e. The molecule has 1 nitrogen and oxygen atoms in total. The van der Waals surface area contributed by atoms with E-state index in [1.807, 2.05) is 0 Å². The third kappa shape index (κ3) is 2.98. The van der Waals surface area contributed by atoms with E-state index in [0.29, 0.717) is 5.92 Å². The van der Waals surface area contributed by atoms with Crippen LogP contribution in [0.4, 0.5) is 0 Å². The van der Waals surface area contributed by atoms with Crippen LogP contribution >= 0.6 is 0 Å². The maximum Gasteiger partial charge on any atom is 0.00965 e. The molecule has 16 heavy (non-hydrogen) atoms. The van der Waals surface area contributed by atoms with Crippen molar-refractivity contribution in [3.63, 3.8) is 0 Å². The van der Waals surface area contributed by atoms with Crippen LogP contribution in [0.5, 0.6) is 0 Å². The van der Waals surface area contributed by atoms with Crippen molar-refractivity contribution in [2.45, 2.75) is 60.4 Å². The number of rotatable bonds is 3. The van der Waals surface area contributed by atoms with Gasteiger partial charge in [0.25, 0.3) is 0 Å². The van der Waals surface area contributed by atoms with E-state index in [-0.39, 0.29) is 5.54 Å². The Hall–Kier alpha value is -0.560. The molecule has 0 saturated heterocycles. The average Bonchev–Trinajstić information content (AvgIpc) is 2.33. The van der Waals surface area contributed by atoms with Gasteiger partial charge in [0.2, 0.25) is 0 Å². The average molecular weight is 221 g/mol. The van der Waals surface area contributed by atoms with Crippen molar-refractivity contribution < 1.29 is 0 Å². The Kier molecular flexibility index (Phi) is 4.01. The van der Waals surface area contributed by atoms with Gasteiger partial charge in [0.05, 0.1) is 0 Å². The Morgan fingerprint density at radius 3 is 1.75 bits per heavy atom. The molecule has 0 atom stereocenters. The van der Waals surface area contributed by atoms with Crippen molar-refractivity contribution in [3.05, 3.63) is 22.3 Å². The van der Waals surface area contributed by atoms with Crippen LogP contribution in [-0.4, -0.2) is 12.1 Å². The van der Waals surface area contributed by atoms with Crippen LogP contribution in [0.25, 0.3) is 0 Å². The molecule has 0 spiro atoms. The van der Waals surface area contributed by atoms with Crippen molar-refractivity contribution in [1.29, 1.82) is 0 Å². The number of hydrogen-bond acceptors (Lipinski definition) is 1. The minimum absolute atomic E-state index is 0.234. The van der Waals surface area contributed by atoms with Crippen LogP contribution in [0.15, 0.2) is 22.3 Å². The first kappa shape index (κ1) is 13.5. The summed E-state index contributed by atoms with van der Waals surface area (Å²) in [7, 11) is 0. The summed E-state index contributed by atoms with van der Waals surface area (Å²) in [5.74, 6) is 0.676. The summed E-state index contributed by atoms with van der Waals surface area (Å²) >= 11 is 0. The van der Waals surface area contributed by atoms with Gasteiger partial charge in [0.1, 0.15) is 0 Å². The van der Waals surface area contributed by atoms with E-state index in [0.717, 1.165) is 6.54 Å². The third-order valence-electron chi connectivity index (χ3n) is 3.88. The highest BCUT2D eigenvalue weighted by Gasteiger charge is 2.24. The third-order valence-corrected chi connectivity index (χ3v) is 3.88. The standard InChI is InChI=1S/C15H27N/c1-10-11(2)13(4)14(12(10)3)8-9-16-15(5,6)7/h14,16H,8-9H2,1-7H3. The highest BCUT2D eigenvalue weighted by Crippen LogP contribution is 2.38. The van der Waals surface area contributed by atoms with Crippen molar-refractivity contribution in [1.82, 2.24) is 5.32 Å². The Bertz CT molecular complexity index is 302. The molecule has 0 amide bonds. The summed E-state index contributed by atoms with van der Waals surface area (Å²) in [6.45, 7) is 16.9. The largest absolute Gasteiger partial charge is 0.312 e. The molecule has 0 unspecified atom stereocenters. The molecule has 1 aliphatic rings. The minimum atomic E-state index is 0.234. The number of nitrogens with one attached hydrogen (secondary N) is 1. The van der Waals surface area contributed by atoms with Crippen LogP contribution in [0.1, 0.15) is 54.9 Å². The first-order valence-corrected chi connectivity index (χ1v) is 6.34. The zero-order valence-corrected chi connectivity index (χ0v) is 12.0. The molecule has 0 heterocycles. The molecule has 1 rings (SSSR count). The summed E-state index contributed by atoms with van der Waals surface area (Å²) in [5.41, 5.74) is 6.41. The lowest BCUT2D eigenvalue weighted by Crippen LogP contribution is -2.37. The smallest absolute Gasteiger partial charge is 0.00965 e. The van der Waals surface area contributed by atoms with Crippen molar-refractivity contribution >= 4 is 0 Å². The second-order valence-corrected chi connectivity index (χ2v) is 6.13. The summed E-state index contributed by atoms with van der Waals surface area (Å²) in [4.78, 5) is 0. The lowest BCUT2D eigenvalue weighted by Gasteiger charge is -2.23. The molecule has 0 bridgehead atoms. The van der Waals surface area contributed by atoms with Gasteiger partial charge in [-0.05, 0) is 72.6 Å². The van der Waals surface area contributed by atoms with Gasteiger partial charge in [0.15, 0.2) is 0 Å². The first-order chi connectivity index (χ1) is 7.24. The van der Waals surface area contributed by atoms with E-state index in [1.54, 1.807) is 11.1 Å². The molecule has 0 aromatic heterocycles. The van der Waals surface area contributed by atoms with Gasteiger partial charge in [-0.1, -0.05) is 11.1 Å². The molecule has 0 aromatic carbocycles. The van der Waals surface area contributed by atoms with Gasteiger partial charge in [0, 0.05) is 11.5 Å². The Morgan fingerprint density at radius 2 is 1.38 bits per heavy atom. The quantitative estimate of drug-likeness (QED) is 0.757. The Morgan fingerprint density at radius 1 is 0.938 bits per heavy atom. The second kappa shape index (κ2) is 4.75. The maximum absolute atomic E-state index is 3.57. The van der Waals surface area contributed by atoms with Gasteiger partial charge >= 0.3 is 0 Å². The van der Waals surface area contributed by atoms with E-state index >= 15 is 0 Å². The molecule has 0 aromatic rings.